The molecule has 0 aromatic heterocycles. The Morgan fingerprint density at radius 1 is 0.963 bits per heavy atom. The summed E-state index contributed by atoms with van der Waals surface area (Å²) in [6, 6.07) is 15.1. The van der Waals surface area contributed by atoms with Crippen LogP contribution in [0.2, 0.25) is 0 Å². The van der Waals surface area contributed by atoms with Crippen molar-refractivity contribution in [1.29, 1.82) is 0 Å². The van der Waals surface area contributed by atoms with Gasteiger partial charge in [0.1, 0.15) is 16.0 Å². The van der Waals surface area contributed by atoms with E-state index in [0.29, 0.717) is 13.2 Å². The molecule has 0 bridgehead atoms. The summed E-state index contributed by atoms with van der Waals surface area (Å²) in [4.78, 5) is 0. The first-order valence-corrected chi connectivity index (χ1v) is 10.3. The van der Waals surface area contributed by atoms with Crippen molar-refractivity contribution < 1.29 is 9.47 Å². The molecule has 3 nitrogen and oxygen atoms in total. The molecule has 0 aliphatic carbocycles. The molecule has 2 aromatic carbocycles. The summed E-state index contributed by atoms with van der Waals surface area (Å²) in [7, 11) is 0. The van der Waals surface area contributed by atoms with Gasteiger partial charge in [0.05, 0.1) is 13.2 Å². The molecule has 0 heterocycles. The number of unbranched alkanes of at least 4 members (excludes halogenated alkanes) is 1. The molecule has 27 heavy (non-hydrogen) atoms. The van der Waals surface area contributed by atoms with Crippen molar-refractivity contribution in [3.8, 4) is 11.5 Å². The number of ether oxygens (including phenoxy) is 2. The van der Waals surface area contributed by atoms with Gasteiger partial charge in [0.25, 0.3) is 0 Å². The molecule has 0 amide bonds. The minimum Gasteiger partial charge on any atom is -0.493 e. The highest BCUT2D eigenvalue weighted by atomic mass is 79.9. The van der Waals surface area contributed by atoms with E-state index in [4.69, 9.17) is 9.47 Å². The van der Waals surface area contributed by atoms with E-state index in [0.717, 1.165) is 35.4 Å². The first-order chi connectivity index (χ1) is 12.7. The fourth-order valence-electron chi connectivity index (χ4n) is 2.90. The monoisotopic (exact) mass is 455 g/mol. The van der Waals surface area contributed by atoms with E-state index in [1.807, 2.05) is 13.8 Å². The lowest BCUT2D eigenvalue weighted by Crippen LogP contribution is -2.20. The van der Waals surface area contributed by atoms with Crippen LogP contribution < -0.4 is 14.8 Å². The van der Waals surface area contributed by atoms with Gasteiger partial charge in [0.2, 0.25) is 0 Å². The van der Waals surface area contributed by atoms with E-state index in [9.17, 15) is 0 Å². The molecule has 0 radical (unpaired) electrons. The fourth-order valence-corrected chi connectivity index (χ4v) is 3.36. The SMILES string of the molecule is CCOc1cc([C@@H](C)NCCCCc2ccccc2)cc(OCC)c1Br.Cl. The Kier molecular flexibility index (Phi) is 11.5. The standard InChI is InChI=1S/C22H30BrNO2.ClH/c1-4-25-20-15-19(16-21(22(20)23)26-5-2)17(3)24-14-10-9-13-18-11-7-6-8-12-18;/h6-8,11-12,15-17,24H,4-5,9-10,13-14H2,1-3H3;1H/t17-;/m1./s1. The number of aryl methyl sites for hydroxylation is 1. The van der Waals surface area contributed by atoms with Crippen LogP contribution in [0.1, 0.15) is 50.8 Å². The maximum absolute atomic E-state index is 5.75. The average molecular weight is 457 g/mol. The molecule has 150 valence electrons. The Bertz CT molecular complexity index is 640. The topological polar surface area (TPSA) is 30.5 Å². The van der Waals surface area contributed by atoms with Crippen LogP contribution in [0, 0.1) is 0 Å². The zero-order chi connectivity index (χ0) is 18.8. The molecule has 0 aliphatic rings. The summed E-state index contributed by atoms with van der Waals surface area (Å²) < 4.78 is 12.4. The molecule has 0 aliphatic heterocycles. The highest BCUT2D eigenvalue weighted by Crippen LogP contribution is 2.37. The number of nitrogens with one attached hydrogen (secondary N) is 1. The first kappa shape index (κ1) is 23.8. The van der Waals surface area contributed by atoms with Gasteiger partial charge in [-0.05, 0) is 85.8 Å². The maximum atomic E-state index is 5.75. The average Bonchev–Trinajstić information content (AvgIpc) is 2.65. The predicted molar refractivity (Wildman–Crippen MR) is 120 cm³/mol. The lowest BCUT2D eigenvalue weighted by Gasteiger charge is -2.19. The summed E-state index contributed by atoms with van der Waals surface area (Å²) in [6.07, 6.45) is 3.49. The van der Waals surface area contributed by atoms with Gasteiger partial charge >= 0.3 is 0 Å². The van der Waals surface area contributed by atoms with Crippen LogP contribution in [-0.2, 0) is 6.42 Å². The molecule has 0 saturated carbocycles. The van der Waals surface area contributed by atoms with Crippen molar-refractivity contribution in [2.75, 3.05) is 19.8 Å². The molecular formula is C22H31BrClNO2. The molecule has 1 atom stereocenters. The van der Waals surface area contributed by atoms with Crippen LogP contribution >= 0.6 is 28.3 Å². The molecule has 2 aromatic rings. The summed E-state index contributed by atoms with van der Waals surface area (Å²) >= 11 is 3.59. The second kappa shape index (κ2) is 13.0. The van der Waals surface area contributed by atoms with Gasteiger partial charge in [-0.25, -0.2) is 0 Å². The van der Waals surface area contributed by atoms with Gasteiger partial charge in [-0.3, -0.25) is 0 Å². The maximum Gasteiger partial charge on any atom is 0.137 e. The van der Waals surface area contributed by atoms with E-state index in [2.05, 4.69) is 70.6 Å². The van der Waals surface area contributed by atoms with E-state index in [1.165, 1.54) is 17.5 Å². The quantitative estimate of drug-likeness (QED) is 0.400. The minimum atomic E-state index is 0. The smallest absolute Gasteiger partial charge is 0.137 e. The van der Waals surface area contributed by atoms with Gasteiger partial charge in [0.15, 0.2) is 0 Å². The van der Waals surface area contributed by atoms with Crippen LogP contribution in [0.3, 0.4) is 0 Å². The molecule has 0 spiro atoms. The second-order valence-electron chi connectivity index (χ2n) is 6.32. The molecule has 2 rings (SSSR count). The van der Waals surface area contributed by atoms with Gasteiger partial charge in [0, 0.05) is 6.04 Å². The predicted octanol–water partition coefficient (Wildman–Crippen LogP) is 6.34. The number of hydrogen-bond donors (Lipinski definition) is 1. The first-order valence-electron chi connectivity index (χ1n) is 9.52. The highest BCUT2D eigenvalue weighted by molar-refractivity contribution is 9.10. The van der Waals surface area contributed by atoms with Crippen molar-refractivity contribution in [3.05, 3.63) is 58.1 Å². The number of halogens is 2. The summed E-state index contributed by atoms with van der Waals surface area (Å²) in [5.74, 6) is 1.68. The lowest BCUT2D eigenvalue weighted by molar-refractivity contribution is 0.318. The van der Waals surface area contributed by atoms with Gasteiger partial charge < -0.3 is 14.8 Å². The van der Waals surface area contributed by atoms with Crippen molar-refractivity contribution in [2.24, 2.45) is 0 Å². The second-order valence-corrected chi connectivity index (χ2v) is 7.11. The van der Waals surface area contributed by atoms with Crippen LogP contribution in [0.15, 0.2) is 46.9 Å². The Balaban J connectivity index is 0.00000364. The third-order valence-corrected chi connectivity index (χ3v) is 5.10. The highest BCUT2D eigenvalue weighted by Gasteiger charge is 2.14. The summed E-state index contributed by atoms with van der Waals surface area (Å²) in [6.45, 7) is 8.44. The van der Waals surface area contributed by atoms with Crippen LogP contribution in [0.25, 0.3) is 0 Å². The Morgan fingerprint density at radius 3 is 2.11 bits per heavy atom. The van der Waals surface area contributed by atoms with Crippen LogP contribution in [0.4, 0.5) is 0 Å². The van der Waals surface area contributed by atoms with Crippen molar-refractivity contribution >= 4 is 28.3 Å². The molecule has 1 N–H and O–H groups in total. The fraction of sp³-hybridized carbons (Fsp3) is 0.455. The molecule has 0 unspecified atom stereocenters. The minimum absolute atomic E-state index is 0. The van der Waals surface area contributed by atoms with Crippen molar-refractivity contribution in [3.63, 3.8) is 0 Å². The summed E-state index contributed by atoms with van der Waals surface area (Å²) in [5.41, 5.74) is 2.60. The van der Waals surface area contributed by atoms with Gasteiger partial charge in [-0.2, -0.15) is 0 Å². The van der Waals surface area contributed by atoms with Crippen molar-refractivity contribution in [1.82, 2.24) is 5.32 Å². The van der Waals surface area contributed by atoms with Gasteiger partial charge in [-0.1, -0.05) is 30.3 Å². The van der Waals surface area contributed by atoms with E-state index in [-0.39, 0.29) is 18.4 Å². The van der Waals surface area contributed by atoms with E-state index >= 15 is 0 Å². The van der Waals surface area contributed by atoms with E-state index in [1.54, 1.807) is 0 Å². The van der Waals surface area contributed by atoms with Crippen molar-refractivity contribution in [2.45, 2.75) is 46.1 Å². The van der Waals surface area contributed by atoms with Gasteiger partial charge in [-0.15, -0.1) is 12.4 Å². The molecule has 0 saturated heterocycles. The number of benzene rings is 2. The largest absolute Gasteiger partial charge is 0.493 e. The summed E-state index contributed by atoms with van der Waals surface area (Å²) in [5, 5.41) is 3.62. The number of rotatable bonds is 11. The van der Waals surface area contributed by atoms with Crippen LogP contribution in [-0.4, -0.2) is 19.8 Å². The number of hydrogen-bond acceptors (Lipinski definition) is 3. The molecular weight excluding hydrogens is 426 g/mol. The third-order valence-electron chi connectivity index (χ3n) is 4.31. The normalized spacial score (nSPS) is 11.6. The zero-order valence-electron chi connectivity index (χ0n) is 16.5. The van der Waals surface area contributed by atoms with E-state index < -0.39 is 0 Å². The Hall–Kier alpha value is -1.23. The zero-order valence-corrected chi connectivity index (χ0v) is 18.9. The van der Waals surface area contributed by atoms with Crippen LogP contribution in [0.5, 0.6) is 11.5 Å². The Labute approximate surface area is 178 Å². The lowest BCUT2D eigenvalue weighted by atomic mass is 10.1. The molecule has 5 heteroatoms. The Morgan fingerprint density at radius 2 is 1.56 bits per heavy atom. The molecule has 0 fully saturated rings. The third kappa shape index (κ3) is 7.73.